The van der Waals surface area contributed by atoms with Crippen LogP contribution in [0.15, 0.2) is 30.5 Å². The molecule has 2 rings (SSSR count). The van der Waals surface area contributed by atoms with Crippen molar-refractivity contribution in [2.45, 2.75) is 13.5 Å². The topological polar surface area (TPSA) is 47.8 Å². The van der Waals surface area contributed by atoms with Gasteiger partial charge in [0.25, 0.3) is 0 Å². The van der Waals surface area contributed by atoms with Crippen LogP contribution in [0.25, 0.3) is 0 Å². The zero-order valence-corrected chi connectivity index (χ0v) is 9.48. The first-order valence-corrected chi connectivity index (χ1v) is 5.19. The SMILES string of the molecule is CC(=O)c1cn(Cc2ccccc2Cl)nn1. The average Bonchev–Trinajstić information content (AvgIpc) is 2.70. The van der Waals surface area contributed by atoms with Gasteiger partial charge >= 0.3 is 0 Å². The van der Waals surface area contributed by atoms with Crippen LogP contribution in [0.4, 0.5) is 0 Å². The van der Waals surface area contributed by atoms with Crippen molar-refractivity contribution in [3.05, 3.63) is 46.7 Å². The van der Waals surface area contributed by atoms with Gasteiger partial charge in [0.1, 0.15) is 5.69 Å². The fraction of sp³-hybridized carbons (Fsp3) is 0.182. The highest BCUT2D eigenvalue weighted by atomic mass is 35.5. The molecule has 0 radical (unpaired) electrons. The highest BCUT2D eigenvalue weighted by Gasteiger charge is 2.06. The first kappa shape index (κ1) is 10.8. The number of halogens is 1. The predicted octanol–water partition coefficient (Wildman–Crippen LogP) is 2.18. The summed E-state index contributed by atoms with van der Waals surface area (Å²) in [4.78, 5) is 11.0. The molecule has 1 aromatic carbocycles. The summed E-state index contributed by atoms with van der Waals surface area (Å²) >= 11 is 6.02. The molecule has 0 spiro atoms. The minimum atomic E-state index is -0.0922. The first-order chi connectivity index (χ1) is 7.66. The van der Waals surface area contributed by atoms with Crippen molar-refractivity contribution in [1.82, 2.24) is 15.0 Å². The van der Waals surface area contributed by atoms with Gasteiger partial charge in [-0.15, -0.1) is 5.10 Å². The van der Waals surface area contributed by atoms with Crippen molar-refractivity contribution in [1.29, 1.82) is 0 Å². The van der Waals surface area contributed by atoms with Crippen LogP contribution < -0.4 is 0 Å². The number of benzene rings is 1. The lowest BCUT2D eigenvalue weighted by Crippen LogP contribution is -2.00. The lowest BCUT2D eigenvalue weighted by atomic mass is 10.2. The van der Waals surface area contributed by atoms with Gasteiger partial charge < -0.3 is 0 Å². The maximum atomic E-state index is 11.0. The van der Waals surface area contributed by atoms with E-state index in [9.17, 15) is 4.79 Å². The minimum absolute atomic E-state index is 0.0922. The highest BCUT2D eigenvalue weighted by Crippen LogP contribution is 2.15. The number of nitrogens with zero attached hydrogens (tertiary/aromatic N) is 3. The van der Waals surface area contributed by atoms with Crippen LogP contribution in [0.1, 0.15) is 23.0 Å². The van der Waals surface area contributed by atoms with E-state index in [1.54, 1.807) is 10.9 Å². The Labute approximate surface area is 97.8 Å². The molecule has 0 aliphatic rings. The maximum absolute atomic E-state index is 11.0. The third-order valence-electron chi connectivity index (χ3n) is 2.19. The van der Waals surface area contributed by atoms with Crippen LogP contribution in [0.3, 0.4) is 0 Å². The van der Waals surface area contributed by atoms with E-state index in [4.69, 9.17) is 11.6 Å². The first-order valence-electron chi connectivity index (χ1n) is 4.81. The molecule has 0 saturated heterocycles. The molecule has 5 heteroatoms. The number of ketones is 1. The molecule has 2 aromatic rings. The van der Waals surface area contributed by atoms with Crippen molar-refractivity contribution in [3.63, 3.8) is 0 Å². The molecule has 0 amide bonds. The number of hydrogen-bond acceptors (Lipinski definition) is 3. The molecule has 16 heavy (non-hydrogen) atoms. The summed E-state index contributed by atoms with van der Waals surface area (Å²) in [6.07, 6.45) is 1.62. The second kappa shape index (κ2) is 4.45. The second-order valence-electron chi connectivity index (χ2n) is 3.45. The van der Waals surface area contributed by atoms with E-state index in [1.807, 2.05) is 24.3 Å². The van der Waals surface area contributed by atoms with E-state index in [0.29, 0.717) is 17.3 Å². The second-order valence-corrected chi connectivity index (χ2v) is 3.86. The molecule has 82 valence electrons. The van der Waals surface area contributed by atoms with Crippen molar-refractivity contribution in [2.75, 3.05) is 0 Å². The molecule has 0 unspecified atom stereocenters. The van der Waals surface area contributed by atoms with Gasteiger partial charge in [0, 0.05) is 11.9 Å². The van der Waals surface area contributed by atoms with Gasteiger partial charge in [-0.05, 0) is 11.6 Å². The Hall–Kier alpha value is -1.68. The van der Waals surface area contributed by atoms with Crippen LogP contribution >= 0.6 is 11.6 Å². The molecular formula is C11H10ClN3O. The van der Waals surface area contributed by atoms with Crippen molar-refractivity contribution in [3.8, 4) is 0 Å². The van der Waals surface area contributed by atoms with Crippen molar-refractivity contribution < 1.29 is 4.79 Å². The Morgan fingerprint density at radius 1 is 1.44 bits per heavy atom. The van der Waals surface area contributed by atoms with Crippen LogP contribution in [0, 0.1) is 0 Å². The van der Waals surface area contributed by atoms with Crippen LogP contribution in [0.2, 0.25) is 5.02 Å². The van der Waals surface area contributed by atoms with Gasteiger partial charge in [-0.3, -0.25) is 4.79 Å². The Bertz CT molecular complexity index is 521. The fourth-order valence-electron chi connectivity index (χ4n) is 1.34. The summed E-state index contributed by atoms with van der Waals surface area (Å²) in [6.45, 7) is 1.98. The monoisotopic (exact) mass is 235 g/mol. The summed E-state index contributed by atoms with van der Waals surface area (Å²) in [5, 5.41) is 8.31. The summed E-state index contributed by atoms with van der Waals surface area (Å²) in [5.41, 5.74) is 1.32. The number of rotatable bonds is 3. The van der Waals surface area contributed by atoms with Crippen LogP contribution in [-0.4, -0.2) is 20.8 Å². The van der Waals surface area contributed by atoms with Crippen LogP contribution in [-0.2, 0) is 6.54 Å². The van der Waals surface area contributed by atoms with E-state index in [-0.39, 0.29) is 5.78 Å². The summed E-state index contributed by atoms with van der Waals surface area (Å²) in [7, 11) is 0. The smallest absolute Gasteiger partial charge is 0.181 e. The van der Waals surface area contributed by atoms with Gasteiger partial charge in [0.15, 0.2) is 5.78 Å². The number of aromatic nitrogens is 3. The highest BCUT2D eigenvalue weighted by molar-refractivity contribution is 6.31. The average molecular weight is 236 g/mol. The molecule has 0 atom stereocenters. The fourth-order valence-corrected chi connectivity index (χ4v) is 1.53. The number of Topliss-reactive ketones (excluding diaryl/α,β-unsaturated/α-hetero) is 1. The van der Waals surface area contributed by atoms with Gasteiger partial charge in [-0.25, -0.2) is 4.68 Å². The normalized spacial score (nSPS) is 10.4. The predicted molar refractivity (Wildman–Crippen MR) is 60.6 cm³/mol. The molecule has 0 bridgehead atoms. The number of hydrogen-bond donors (Lipinski definition) is 0. The molecule has 0 aliphatic heterocycles. The zero-order chi connectivity index (χ0) is 11.5. The lowest BCUT2D eigenvalue weighted by Gasteiger charge is -2.02. The third-order valence-corrected chi connectivity index (χ3v) is 2.56. The zero-order valence-electron chi connectivity index (χ0n) is 8.72. The Kier molecular flexibility index (Phi) is 3.01. The molecule has 0 aliphatic carbocycles. The molecule has 0 fully saturated rings. The molecule has 4 nitrogen and oxygen atoms in total. The van der Waals surface area contributed by atoms with E-state index in [0.717, 1.165) is 5.56 Å². The molecular weight excluding hydrogens is 226 g/mol. The number of carbonyl (C=O) groups excluding carboxylic acids is 1. The van der Waals surface area contributed by atoms with E-state index >= 15 is 0 Å². The Morgan fingerprint density at radius 3 is 2.81 bits per heavy atom. The maximum Gasteiger partial charge on any atom is 0.181 e. The third kappa shape index (κ3) is 2.28. The Morgan fingerprint density at radius 2 is 2.19 bits per heavy atom. The van der Waals surface area contributed by atoms with E-state index in [2.05, 4.69) is 10.3 Å². The number of carbonyl (C=O) groups is 1. The van der Waals surface area contributed by atoms with Gasteiger partial charge in [-0.1, -0.05) is 35.0 Å². The molecule has 1 heterocycles. The Balaban J connectivity index is 2.21. The summed E-state index contributed by atoms with van der Waals surface area (Å²) in [6, 6.07) is 7.51. The molecule has 0 N–H and O–H groups in total. The van der Waals surface area contributed by atoms with Crippen molar-refractivity contribution in [2.24, 2.45) is 0 Å². The standard InChI is InChI=1S/C11H10ClN3O/c1-8(16)11-7-15(14-13-11)6-9-4-2-3-5-10(9)12/h2-5,7H,6H2,1H3. The quantitative estimate of drug-likeness (QED) is 0.767. The molecule has 1 aromatic heterocycles. The van der Waals surface area contributed by atoms with Crippen molar-refractivity contribution >= 4 is 17.4 Å². The van der Waals surface area contributed by atoms with E-state index < -0.39 is 0 Å². The lowest BCUT2D eigenvalue weighted by molar-refractivity contribution is 0.101. The van der Waals surface area contributed by atoms with Gasteiger partial charge in [0.2, 0.25) is 0 Å². The largest absolute Gasteiger partial charge is 0.293 e. The molecule has 0 saturated carbocycles. The minimum Gasteiger partial charge on any atom is -0.293 e. The van der Waals surface area contributed by atoms with Gasteiger partial charge in [0.05, 0.1) is 12.7 Å². The van der Waals surface area contributed by atoms with Gasteiger partial charge in [-0.2, -0.15) is 0 Å². The summed E-state index contributed by atoms with van der Waals surface area (Å²) < 4.78 is 1.60. The van der Waals surface area contributed by atoms with E-state index in [1.165, 1.54) is 6.92 Å². The van der Waals surface area contributed by atoms with Crippen LogP contribution in [0.5, 0.6) is 0 Å². The summed E-state index contributed by atoms with van der Waals surface area (Å²) in [5.74, 6) is -0.0922.